The average Bonchev–Trinajstić information content (AvgIpc) is 2.61. The smallest absolute Gasteiger partial charge is 0.233 e. The minimum Gasteiger partial charge on any atom is -0.341 e. The quantitative estimate of drug-likeness (QED) is 0.475. The van der Waals surface area contributed by atoms with Gasteiger partial charge in [0.15, 0.2) is 0 Å². The maximum atomic E-state index is 12.4. The minimum atomic E-state index is 0.0680. The van der Waals surface area contributed by atoms with Crippen molar-refractivity contribution >= 4 is 44.5 Å². The van der Waals surface area contributed by atoms with Crippen molar-refractivity contribution in [3.63, 3.8) is 0 Å². The highest BCUT2D eigenvalue weighted by atomic mass is 79.9. The van der Waals surface area contributed by atoms with Crippen LogP contribution in [0.4, 0.5) is 0 Å². The maximum absolute atomic E-state index is 12.4. The second-order valence-corrected chi connectivity index (χ2v) is 7.14. The third kappa shape index (κ3) is 3.94. The van der Waals surface area contributed by atoms with E-state index >= 15 is 0 Å². The second-order valence-electron chi connectivity index (χ2n) is 5.33. The van der Waals surface area contributed by atoms with Gasteiger partial charge in [-0.25, -0.2) is 9.97 Å². The maximum Gasteiger partial charge on any atom is 0.233 e. The lowest BCUT2D eigenvalue weighted by Crippen LogP contribution is -2.28. The van der Waals surface area contributed by atoms with Crippen LogP contribution in [-0.4, -0.2) is 33.6 Å². The SMILES string of the molecule is CN(Cc1ccccc1Br)C(=O)CSc1ncnc2ccccc12. The number of carbonyl (C=O) groups excluding carboxylic acids is 1. The van der Waals surface area contributed by atoms with Crippen molar-refractivity contribution < 1.29 is 4.79 Å². The van der Waals surface area contributed by atoms with E-state index in [0.29, 0.717) is 12.3 Å². The predicted molar refractivity (Wildman–Crippen MR) is 101 cm³/mol. The van der Waals surface area contributed by atoms with E-state index in [-0.39, 0.29) is 5.91 Å². The minimum absolute atomic E-state index is 0.0680. The molecule has 2 aromatic carbocycles. The first-order valence-electron chi connectivity index (χ1n) is 7.45. The van der Waals surface area contributed by atoms with E-state index < -0.39 is 0 Å². The van der Waals surface area contributed by atoms with E-state index in [1.54, 1.807) is 11.2 Å². The Bertz CT molecular complexity index is 866. The van der Waals surface area contributed by atoms with E-state index in [2.05, 4.69) is 25.9 Å². The second kappa shape index (κ2) is 7.77. The number of rotatable bonds is 5. The first-order valence-corrected chi connectivity index (χ1v) is 9.23. The molecular weight excluding hydrogens is 386 g/mol. The number of hydrogen-bond acceptors (Lipinski definition) is 4. The Morgan fingerprint density at radius 2 is 1.88 bits per heavy atom. The summed E-state index contributed by atoms with van der Waals surface area (Å²) in [5.74, 6) is 0.417. The van der Waals surface area contributed by atoms with E-state index in [4.69, 9.17) is 0 Å². The number of amides is 1. The highest BCUT2D eigenvalue weighted by Crippen LogP contribution is 2.24. The standard InChI is InChI=1S/C18H16BrN3OS/c1-22(10-13-6-2-4-8-15(13)19)17(23)11-24-18-14-7-3-5-9-16(14)20-12-21-18/h2-9,12H,10-11H2,1H3. The fourth-order valence-electron chi connectivity index (χ4n) is 2.31. The van der Waals surface area contributed by atoms with Crippen molar-refractivity contribution in [1.29, 1.82) is 0 Å². The van der Waals surface area contributed by atoms with E-state index in [9.17, 15) is 4.79 Å². The predicted octanol–water partition coefficient (Wildman–Crippen LogP) is 4.14. The van der Waals surface area contributed by atoms with Crippen LogP contribution < -0.4 is 0 Å². The summed E-state index contributed by atoms with van der Waals surface area (Å²) in [6.07, 6.45) is 1.54. The van der Waals surface area contributed by atoms with Crippen LogP contribution in [0.15, 0.2) is 64.4 Å². The van der Waals surface area contributed by atoms with Crippen molar-refractivity contribution in [2.45, 2.75) is 11.6 Å². The topological polar surface area (TPSA) is 46.1 Å². The van der Waals surface area contributed by atoms with E-state index in [0.717, 1.165) is 26.0 Å². The first-order chi connectivity index (χ1) is 11.6. The molecule has 0 spiro atoms. The van der Waals surface area contributed by atoms with Crippen molar-refractivity contribution in [2.24, 2.45) is 0 Å². The number of para-hydroxylation sites is 1. The molecule has 0 saturated heterocycles. The molecule has 1 amide bonds. The Labute approximate surface area is 153 Å². The number of nitrogens with zero attached hydrogens (tertiary/aromatic N) is 3. The molecule has 6 heteroatoms. The highest BCUT2D eigenvalue weighted by Gasteiger charge is 2.13. The zero-order valence-electron chi connectivity index (χ0n) is 13.1. The Kier molecular flexibility index (Phi) is 5.48. The van der Waals surface area contributed by atoms with Crippen molar-refractivity contribution in [1.82, 2.24) is 14.9 Å². The van der Waals surface area contributed by atoms with Crippen LogP contribution >= 0.6 is 27.7 Å². The molecule has 24 heavy (non-hydrogen) atoms. The lowest BCUT2D eigenvalue weighted by Gasteiger charge is -2.18. The van der Waals surface area contributed by atoms with E-state index in [1.165, 1.54) is 11.8 Å². The number of thioether (sulfide) groups is 1. The fourth-order valence-corrected chi connectivity index (χ4v) is 3.65. The van der Waals surface area contributed by atoms with Gasteiger partial charge in [-0.15, -0.1) is 0 Å². The third-order valence-electron chi connectivity index (χ3n) is 3.63. The Morgan fingerprint density at radius 3 is 2.71 bits per heavy atom. The zero-order valence-corrected chi connectivity index (χ0v) is 15.5. The van der Waals surface area contributed by atoms with Crippen molar-refractivity contribution in [3.05, 3.63) is 64.9 Å². The summed E-state index contributed by atoms with van der Waals surface area (Å²) in [5.41, 5.74) is 1.98. The van der Waals surface area contributed by atoms with Crippen LogP contribution in [0.5, 0.6) is 0 Å². The molecule has 0 fully saturated rings. The van der Waals surface area contributed by atoms with Gasteiger partial charge in [-0.05, 0) is 17.7 Å². The fraction of sp³-hybridized carbons (Fsp3) is 0.167. The van der Waals surface area contributed by atoms with Crippen LogP contribution in [0.1, 0.15) is 5.56 Å². The molecule has 0 aliphatic heterocycles. The molecule has 0 bridgehead atoms. The van der Waals surface area contributed by atoms with Crippen LogP contribution in [0, 0.1) is 0 Å². The first kappa shape index (κ1) is 16.9. The van der Waals surface area contributed by atoms with Gasteiger partial charge in [-0.3, -0.25) is 4.79 Å². The summed E-state index contributed by atoms with van der Waals surface area (Å²) >= 11 is 4.96. The van der Waals surface area contributed by atoms with Crippen molar-refractivity contribution in [2.75, 3.05) is 12.8 Å². The van der Waals surface area contributed by atoms with Gasteiger partial charge in [0.1, 0.15) is 11.4 Å². The van der Waals surface area contributed by atoms with Gasteiger partial charge in [0.25, 0.3) is 0 Å². The molecule has 4 nitrogen and oxygen atoms in total. The molecule has 122 valence electrons. The number of carbonyl (C=O) groups is 1. The van der Waals surface area contributed by atoms with Gasteiger partial charge in [0.2, 0.25) is 5.91 Å². The molecule has 0 aliphatic rings. The molecule has 1 aromatic heterocycles. The van der Waals surface area contributed by atoms with Gasteiger partial charge in [0.05, 0.1) is 11.3 Å². The van der Waals surface area contributed by atoms with Gasteiger partial charge >= 0.3 is 0 Å². The summed E-state index contributed by atoms with van der Waals surface area (Å²) in [5, 5.41) is 1.81. The van der Waals surface area contributed by atoms with E-state index in [1.807, 2.05) is 55.6 Å². The summed E-state index contributed by atoms with van der Waals surface area (Å²) < 4.78 is 1.01. The monoisotopic (exact) mass is 401 g/mol. The molecule has 1 heterocycles. The summed E-state index contributed by atoms with van der Waals surface area (Å²) in [6, 6.07) is 15.8. The van der Waals surface area contributed by atoms with Gasteiger partial charge in [-0.1, -0.05) is 64.1 Å². The Morgan fingerprint density at radius 1 is 1.12 bits per heavy atom. The van der Waals surface area contributed by atoms with Gasteiger partial charge < -0.3 is 4.90 Å². The summed E-state index contributed by atoms with van der Waals surface area (Å²) in [4.78, 5) is 22.7. The number of halogens is 1. The molecule has 0 unspecified atom stereocenters. The van der Waals surface area contributed by atoms with Crippen LogP contribution in [0.2, 0.25) is 0 Å². The van der Waals surface area contributed by atoms with Crippen LogP contribution in [0.3, 0.4) is 0 Å². The number of hydrogen-bond donors (Lipinski definition) is 0. The van der Waals surface area contributed by atoms with Crippen molar-refractivity contribution in [3.8, 4) is 0 Å². The average molecular weight is 402 g/mol. The Hall–Kier alpha value is -1.92. The molecular formula is C18H16BrN3OS. The largest absolute Gasteiger partial charge is 0.341 e. The van der Waals surface area contributed by atoms with Gasteiger partial charge in [0, 0.05) is 23.5 Å². The third-order valence-corrected chi connectivity index (χ3v) is 5.39. The molecule has 0 atom stereocenters. The number of fused-ring (bicyclic) bond motifs is 1. The molecule has 0 aliphatic carbocycles. The molecule has 0 radical (unpaired) electrons. The molecule has 0 saturated carbocycles. The van der Waals surface area contributed by atoms with Gasteiger partial charge in [-0.2, -0.15) is 0 Å². The number of benzene rings is 2. The molecule has 3 aromatic rings. The number of aromatic nitrogens is 2. The lowest BCUT2D eigenvalue weighted by atomic mass is 10.2. The summed E-state index contributed by atoms with van der Waals surface area (Å²) in [6.45, 7) is 0.575. The molecule has 3 rings (SSSR count). The van der Waals surface area contributed by atoms with Crippen LogP contribution in [-0.2, 0) is 11.3 Å². The van der Waals surface area contributed by atoms with Crippen LogP contribution in [0.25, 0.3) is 10.9 Å². The highest BCUT2D eigenvalue weighted by molar-refractivity contribution is 9.10. The normalized spacial score (nSPS) is 10.8. The summed E-state index contributed by atoms with van der Waals surface area (Å²) in [7, 11) is 1.82. The lowest BCUT2D eigenvalue weighted by molar-refractivity contribution is -0.127. The molecule has 0 N–H and O–H groups in total. The Balaban J connectivity index is 1.65. The zero-order chi connectivity index (χ0) is 16.9.